The molecule has 0 aliphatic heterocycles. The van der Waals surface area contributed by atoms with E-state index in [1.165, 1.54) is 6.26 Å². The van der Waals surface area contributed by atoms with Crippen molar-refractivity contribution >= 4 is 32.9 Å². The normalized spacial score (nSPS) is 12.5. The molecule has 0 aliphatic carbocycles. The Hall–Kier alpha value is -2.12. The van der Waals surface area contributed by atoms with E-state index in [2.05, 4.69) is 10.6 Å². The summed E-state index contributed by atoms with van der Waals surface area (Å²) >= 11 is 5.42. The molecule has 1 atom stereocenters. The predicted octanol–water partition coefficient (Wildman–Crippen LogP) is 4.32. The summed E-state index contributed by atoms with van der Waals surface area (Å²) in [5, 5.41) is 6.94. The quantitative estimate of drug-likeness (QED) is 0.668. The van der Waals surface area contributed by atoms with Gasteiger partial charge in [0.15, 0.2) is 14.9 Å². The van der Waals surface area contributed by atoms with Crippen LogP contribution in [0.1, 0.15) is 38.8 Å². The number of nitrogens with one attached hydrogen (secondary N) is 2. The minimum Gasteiger partial charge on any atom is -0.491 e. The second-order valence-corrected chi connectivity index (χ2v) is 9.02. The molecule has 0 radical (unpaired) electrons. The molecule has 1 unspecified atom stereocenters. The molecule has 0 saturated heterocycles. The van der Waals surface area contributed by atoms with Crippen LogP contribution in [0.3, 0.4) is 0 Å². The lowest BCUT2D eigenvalue weighted by Gasteiger charge is -2.20. The molecule has 0 aliphatic rings. The van der Waals surface area contributed by atoms with Crippen molar-refractivity contribution in [2.24, 2.45) is 0 Å². The van der Waals surface area contributed by atoms with Crippen LogP contribution in [0.4, 0.5) is 5.69 Å². The van der Waals surface area contributed by atoms with Crippen LogP contribution in [0.2, 0.25) is 0 Å². The van der Waals surface area contributed by atoms with Crippen molar-refractivity contribution in [2.45, 2.75) is 44.2 Å². The molecular weight excluding hydrogens is 380 g/mol. The van der Waals surface area contributed by atoms with Crippen LogP contribution >= 0.6 is 12.2 Å². The van der Waals surface area contributed by atoms with Crippen molar-refractivity contribution in [2.75, 3.05) is 11.6 Å². The Kier molecular flexibility index (Phi) is 7.21. The lowest BCUT2D eigenvalue weighted by atomic mass is 10.1. The van der Waals surface area contributed by atoms with Crippen LogP contribution in [-0.4, -0.2) is 25.9 Å². The highest BCUT2D eigenvalue weighted by Crippen LogP contribution is 2.20. The van der Waals surface area contributed by atoms with E-state index in [4.69, 9.17) is 17.0 Å². The molecule has 0 spiro atoms. The van der Waals surface area contributed by atoms with E-state index in [0.717, 1.165) is 23.4 Å². The van der Waals surface area contributed by atoms with Crippen LogP contribution in [0, 0.1) is 0 Å². The first-order valence-corrected chi connectivity index (χ1v) is 11.1. The number of sulfone groups is 1. The summed E-state index contributed by atoms with van der Waals surface area (Å²) in [7, 11) is -3.20. The second kappa shape index (κ2) is 9.19. The van der Waals surface area contributed by atoms with Gasteiger partial charge in [0.25, 0.3) is 0 Å². The molecule has 2 aromatic rings. The zero-order valence-electron chi connectivity index (χ0n) is 16.0. The lowest BCUT2D eigenvalue weighted by molar-refractivity contribution is 0.242. The predicted molar refractivity (Wildman–Crippen MR) is 114 cm³/mol. The molecule has 0 bridgehead atoms. The Morgan fingerprint density at radius 3 is 2.15 bits per heavy atom. The summed E-state index contributed by atoms with van der Waals surface area (Å²) in [5.74, 6) is 0.812. The fraction of sp³-hybridized carbons (Fsp3) is 0.350. The molecule has 27 heavy (non-hydrogen) atoms. The maximum absolute atomic E-state index is 11.6. The third-order valence-electron chi connectivity index (χ3n) is 3.91. The maximum Gasteiger partial charge on any atom is 0.175 e. The largest absolute Gasteiger partial charge is 0.491 e. The maximum atomic E-state index is 11.6. The average molecular weight is 407 g/mol. The molecule has 146 valence electrons. The van der Waals surface area contributed by atoms with E-state index in [-0.39, 0.29) is 12.1 Å². The van der Waals surface area contributed by atoms with Gasteiger partial charge in [0.2, 0.25) is 0 Å². The summed E-state index contributed by atoms with van der Waals surface area (Å²) in [4.78, 5) is 0.311. The molecule has 2 aromatic carbocycles. The van der Waals surface area contributed by atoms with Gasteiger partial charge in [-0.2, -0.15) is 0 Å². The lowest BCUT2D eigenvalue weighted by Crippen LogP contribution is -2.32. The van der Waals surface area contributed by atoms with Crippen LogP contribution in [0.5, 0.6) is 5.75 Å². The molecule has 0 fully saturated rings. The van der Waals surface area contributed by atoms with Crippen molar-refractivity contribution in [3.8, 4) is 5.75 Å². The summed E-state index contributed by atoms with van der Waals surface area (Å²) < 4.78 is 28.8. The van der Waals surface area contributed by atoms with Crippen molar-refractivity contribution in [1.82, 2.24) is 5.32 Å². The van der Waals surface area contributed by atoms with Crippen molar-refractivity contribution in [1.29, 1.82) is 0 Å². The number of ether oxygens (including phenoxy) is 1. The highest BCUT2D eigenvalue weighted by molar-refractivity contribution is 7.90. The number of benzene rings is 2. The van der Waals surface area contributed by atoms with Gasteiger partial charge in [0.1, 0.15) is 5.75 Å². The molecular formula is C20H26N2O3S2. The number of hydrogen-bond acceptors (Lipinski definition) is 4. The Labute approximate surface area is 167 Å². The van der Waals surface area contributed by atoms with Gasteiger partial charge < -0.3 is 15.4 Å². The fourth-order valence-corrected chi connectivity index (χ4v) is 3.47. The van der Waals surface area contributed by atoms with Gasteiger partial charge >= 0.3 is 0 Å². The van der Waals surface area contributed by atoms with Crippen LogP contribution in [0.15, 0.2) is 53.4 Å². The van der Waals surface area contributed by atoms with Gasteiger partial charge in [-0.1, -0.05) is 19.1 Å². The average Bonchev–Trinajstić information content (AvgIpc) is 2.60. The molecule has 2 N–H and O–H groups in total. The van der Waals surface area contributed by atoms with E-state index < -0.39 is 9.84 Å². The van der Waals surface area contributed by atoms with E-state index in [1.807, 2.05) is 57.2 Å². The van der Waals surface area contributed by atoms with Gasteiger partial charge in [-0.3, -0.25) is 0 Å². The molecule has 2 rings (SSSR count). The molecule has 7 heteroatoms. The zero-order chi connectivity index (χ0) is 20.0. The minimum absolute atomic E-state index is 0.0119. The Morgan fingerprint density at radius 2 is 1.67 bits per heavy atom. The molecule has 0 heterocycles. The first-order valence-electron chi connectivity index (χ1n) is 8.83. The smallest absolute Gasteiger partial charge is 0.175 e. The number of thiocarbonyl (C=S) groups is 1. The van der Waals surface area contributed by atoms with Gasteiger partial charge in [-0.05, 0) is 74.4 Å². The van der Waals surface area contributed by atoms with Crippen LogP contribution in [0.25, 0.3) is 0 Å². The second-order valence-electron chi connectivity index (χ2n) is 6.59. The van der Waals surface area contributed by atoms with Gasteiger partial charge in [0, 0.05) is 11.9 Å². The summed E-state index contributed by atoms with van der Waals surface area (Å²) in [6, 6.07) is 14.5. The fourth-order valence-electron chi connectivity index (χ4n) is 2.58. The van der Waals surface area contributed by atoms with E-state index in [0.29, 0.717) is 10.0 Å². The van der Waals surface area contributed by atoms with E-state index in [9.17, 15) is 8.42 Å². The third kappa shape index (κ3) is 6.52. The summed E-state index contributed by atoms with van der Waals surface area (Å²) in [5.41, 5.74) is 1.85. The minimum atomic E-state index is -3.20. The molecule has 0 amide bonds. The highest BCUT2D eigenvalue weighted by Gasteiger charge is 2.13. The Morgan fingerprint density at radius 1 is 1.07 bits per heavy atom. The monoisotopic (exact) mass is 406 g/mol. The number of hydrogen-bond donors (Lipinski definition) is 2. The summed E-state index contributed by atoms with van der Waals surface area (Å²) in [6.07, 6.45) is 2.14. The topological polar surface area (TPSA) is 67.4 Å². The van der Waals surface area contributed by atoms with Crippen LogP contribution in [-0.2, 0) is 9.84 Å². The van der Waals surface area contributed by atoms with Crippen molar-refractivity contribution in [3.05, 3.63) is 54.1 Å². The van der Waals surface area contributed by atoms with E-state index >= 15 is 0 Å². The van der Waals surface area contributed by atoms with Crippen molar-refractivity contribution < 1.29 is 13.2 Å². The van der Waals surface area contributed by atoms with Crippen molar-refractivity contribution in [3.63, 3.8) is 0 Å². The molecule has 0 saturated carbocycles. The number of rotatable bonds is 7. The number of anilines is 1. The van der Waals surface area contributed by atoms with Gasteiger partial charge in [0.05, 0.1) is 17.0 Å². The van der Waals surface area contributed by atoms with E-state index in [1.54, 1.807) is 12.1 Å². The first kappa shape index (κ1) is 21.2. The Bertz CT molecular complexity index is 861. The van der Waals surface area contributed by atoms with Gasteiger partial charge in [-0.15, -0.1) is 0 Å². The van der Waals surface area contributed by atoms with Crippen LogP contribution < -0.4 is 15.4 Å². The summed E-state index contributed by atoms with van der Waals surface area (Å²) in [6.45, 7) is 6.01. The third-order valence-corrected chi connectivity index (χ3v) is 5.26. The Balaban J connectivity index is 2.00. The van der Waals surface area contributed by atoms with Gasteiger partial charge in [-0.25, -0.2) is 8.42 Å². The first-order chi connectivity index (χ1) is 12.7. The standard InChI is InChI=1S/C20H26N2O3S2/c1-5-19(15-6-12-18(13-7-15)27(4,23)24)22-20(26)21-16-8-10-17(11-9-16)25-14(2)3/h6-14,19H,5H2,1-4H3,(H2,21,22,26). The highest BCUT2D eigenvalue weighted by atomic mass is 32.2. The molecule has 5 nitrogen and oxygen atoms in total. The zero-order valence-corrected chi connectivity index (χ0v) is 17.7. The molecule has 0 aromatic heterocycles. The SMILES string of the molecule is CCC(NC(=S)Nc1ccc(OC(C)C)cc1)c1ccc(S(C)(=O)=O)cc1.